The standard InChI is InChI=1S/C19H16O2S/c1-15(20)21-19(22)18-13-11-17(12-14-18)10-6-5-9-16-7-3-2-4-8-16/h2-14H,1H3. The molecular weight excluding hydrogens is 292 g/mol. The van der Waals surface area contributed by atoms with E-state index in [0.29, 0.717) is 0 Å². The molecule has 0 amide bonds. The maximum atomic E-state index is 10.9. The van der Waals surface area contributed by atoms with Crippen molar-refractivity contribution < 1.29 is 9.53 Å². The quantitative estimate of drug-likeness (QED) is 0.467. The molecule has 0 aliphatic rings. The molecule has 0 unspecified atom stereocenters. The molecule has 0 heterocycles. The molecule has 2 aromatic rings. The Balaban J connectivity index is 1.96. The highest BCUT2D eigenvalue weighted by molar-refractivity contribution is 7.80. The van der Waals surface area contributed by atoms with Gasteiger partial charge in [0.05, 0.1) is 0 Å². The first-order valence-corrected chi connectivity index (χ1v) is 7.28. The molecule has 3 heteroatoms. The Bertz CT molecular complexity index is 698. The van der Waals surface area contributed by atoms with E-state index in [-0.39, 0.29) is 5.05 Å². The number of carbonyl (C=O) groups excluding carboxylic acids is 1. The van der Waals surface area contributed by atoms with Crippen molar-refractivity contribution in [1.82, 2.24) is 0 Å². The third-order valence-electron chi connectivity index (χ3n) is 2.87. The van der Waals surface area contributed by atoms with Crippen LogP contribution in [0.3, 0.4) is 0 Å². The first-order valence-electron chi connectivity index (χ1n) is 6.88. The van der Waals surface area contributed by atoms with E-state index in [4.69, 9.17) is 17.0 Å². The van der Waals surface area contributed by atoms with Gasteiger partial charge in [0.25, 0.3) is 0 Å². The molecule has 2 rings (SSSR count). The van der Waals surface area contributed by atoms with Crippen molar-refractivity contribution in [3.05, 3.63) is 83.4 Å². The van der Waals surface area contributed by atoms with Gasteiger partial charge in [-0.3, -0.25) is 4.79 Å². The Kier molecular flexibility index (Phi) is 5.81. The number of hydrogen-bond donors (Lipinski definition) is 0. The molecule has 0 aromatic heterocycles. The van der Waals surface area contributed by atoms with Crippen molar-refractivity contribution in [2.45, 2.75) is 6.92 Å². The number of hydrogen-bond acceptors (Lipinski definition) is 3. The zero-order chi connectivity index (χ0) is 15.8. The van der Waals surface area contributed by atoms with Crippen molar-refractivity contribution in [1.29, 1.82) is 0 Å². The van der Waals surface area contributed by atoms with E-state index in [2.05, 4.69) is 12.1 Å². The second-order valence-corrected chi connectivity index (χ2v) is 5.00. The Morgan fingerprint density at radius 3 is 2.00 bits per heavy atom. The van der Waals surface area contributed by atoms with Crippen LogP contribution in [0.2, 0.25) is 0 Å². The summed E-state index contributed by atoms with van der Waals surface area (Å²) in [5.74, 6) is -0.403. The lowest BCUT2D eigenvalue weighted by Crippen LogP contribution is -2.07. The predicted molar refractivity (Wildman–Crippen MR) is 94.4 cm³/mol. The van der Waals surface area contributed by atoms with E-state index in [9.17, 15) is 4.79 Å². The van der Waals surface area contributed by atoms with E-state index in [1.54, 1.807) is 0 Å². The van der Waals surface area contributed by atoms with Crippen LogP contribution in [0.15, 0.2) is 66.7 Å². The lowest BCUT2D eigenvalue weighted by atomic mass is 10.1. The average molecular weight is 308 g/mol. The van der Waals surface area contributed by atoms with E-state index >= 15 is 0 Å². The molecule has 0 radical (unpaired) electrons. The highest BCUT2D eigenvalue weighted by Gasteiger charge is 2.04. The minimum atomic E-state index is -0.403. The first kappa shape index (κ1) is 15.9. The topological polar surface area (TPSA) is 26.3 Å². The van der Waals surface area contributed by atoms with E-state index in [0.717, 1.165) is 16.7 Å². The van der Waals surface area contributed by atoms with Crippen LogP contribution >= 0.6 is 12.2 Å². The van der Waals surface area contributed by atoms with Gasteiger partial charge in [-0.15, -0.1) is 0 Å². The third-order valence-corrected chi connectivity index (χ3v) is 3.19. The fourth-order valence-corrected chi connectivity index (χ4v) is 2.07. The molecule has 22 heavy (non-hydrogen) atoms. The lowest BCUT2D eigenvalue weighted by Gasteiger charge is -2.03. The minimum Gasteiger partial charge on any atom is -0.414 e. The maximum absolute atomic E-state index is 10.9. The molecule has 0 aliphatic heterocycles. The van der Waals surface area contributed by atoms with Gasteiger partial charge in [0.2, 0.25) is 5.05 Å². The number of esters is 1. The lowest BCUT2D eigenvalue weighted by molar-refractivity contribution is -0.132. The summed E-state index contributed by atoms with van der Waals surface area (Å²) >= 11 is 5.03. The smallest absolute Gasteiger partial charge is 0.308 e. The second-order valence-electron chi connectivity index (χ2n) is 4.63. The Morgan fingerprint density at radius 2 is 1.45 bits per heavy atom. The second kappa shape index (κ2) is 8.05. The van der Waals surface area contributed by atoms with Crippen molar-refractivity contribution in [2.24, 2.45) is 0 Å². The van der Waals surface area contributed by atoms with Crippen LogP contribution in [-0.2, 0) is 9.53 Å². The molecule has 0 spiro atoms. The summed E-state index contributed by atoms with van der Waals surface area (Å²) in [6.07, 6.45) is 8.01. The Hall–Kier alpha value is -2.52. The van der Waals surface area contributed by atoms with Crippen molar-refractivity contribution in [3.63, 3.8) is 0 Å². The maximum Gasteiger partial charge on any atom is 0.308 e. The van der Waals surface area contributed by atoms with Crippen molar-refractivity contribution in [2.75, 3.05) is 0 Å². The Morgan fingerprint density at radius 1 is 0.909 bits per heavy atom. The van der Waals surface area contributed by atoms with Crippen LogP contribution < -0.4 is 0 Å². The number of rotatable bonds is 4. The fourth-order valence-electron chi connectivity index (χ4n) is 1.82. The van der Waals surface area contributed by atoms with Gasteiger partial charge >= 0.3 is 5.97 Å². The molecule has 0 aliphatic carbocycles. The summed E-state index contributed by atoms with van der Waals surface area (Å²) in [4.78, 5) is 10.9. The van der Waals surface area contributed by atoms with Crippen LogP contribution in [0.4, 0.5) is 0 Å². The van der Waals surface area contributed by atoms with Gasteiger partial charge in [-0.25, -0.2) is 0 Å². The summed E-state index contributed by atoms with van der Waals surface area (Å²) in [6, 6.07) is 17.6. The van der Waals surface area contributed by atoms with Gasteiger partial charge in [-0.1, -0.05) is 66.8 Å². The fraction of sp³-hybridized carbons (Fsp3) is 0.0526. The van der Waals surface area contributed by atoms with Gasteiger partial charge < -0.3 is 4.74 Å². The van der Waals surface area contributed by atoms with Gasteiger partial charge in [0.15, 0.2) is 0 Å². The molecular formula is C19H16O2S. The van der Waals surface area contributed by atoms with Crippen molar-refractivity contribution >= 4 is 35.4 Å². The highest BCUT2D eigenvalue weighted by Crippen LogP contribution is 2.09. The van der Waals surface area contributed by atoms with Crippen LogP contribution in [-0.4, -0.2) is 11.0 Å². The van der Waals surface area contributed by atoms with Crippen LogP contribution in [0.1, 0.15) is 23.6 Å². The summed E-state index contributed by atoms with van der Waals surface area (Å²) in [5.41, 5.74) is 2.93. The predicted octanol–water partition coefficient (Wildman–Crippen LogP) is 4.65. The number of ether oxygens (including phenoxy) is 1. The summed E-state index contributed by atoms with van der Waals surface area (Å²) in [7, 11) is 0. The van der Waals surface area contributed by atoms with Gasteiger partial charge in [-0.2, -0.15) is 0 Å². The zero-order valence-electron chi connectivity index (χ0n) is 12.2. The van der Waals surface area contributed by atoms with Gasteiger partial charge in [-0.05, 0) is 35.5 Å². The third kappa shape index (κ3) is 5.11. The monoisotopic (exact) mass is 308 g/mol. The van der Waals surface area contributed by atoms with Crippen molar-refractivity contribution in [3.8, 4) is 0 Å². The minimum absolute atomic E-state index is 0.201. The molecule has 2 nitrogen and oxygen atoms in total. The number of thiocarbonyl (C=S) groups is 1. The van der Waals surface area contributed by atoms with Crippen LogP contribution in [0.25, 0.3) is 12.2 Å². The summed E-state index contributed by atoms with van der Waals surface area (Å²) < 4.78 is 4.89. The normalized spacial score (nSPS) is 11.0. The first-order chi connectivity index (χ1) is 10.6. The highest BCUT2D eigenvalue weighted by atomic mass is 32.1. The van der Waals surface area contributed by atoms with E-state index in [1.807, 2.05) is 66.8 Å². The number of carbonyl (C=O) groups is 1. The molecule has 0 saturated carbocycles. The van der Waals surface area contributed by atoms with Crippen LogP contribution in [0, 0.1) is 0 Å². The number of benzene rings is 2. The molecule has 0 bridgehead atoms. The molecule has 0 saturated heterocycles. The van der Waals surface area contributed by atoms with E-state index in [1.165, 1.54) is 6.92 Å². The molecule has 110 valence electrons. The van der Waals surface area contributed by atoms with Crippen LogP contribution in [0.5, 0.6) is 0 Å². The molecule has 0 N–H and O–H groups in total. The Labute approximate surface area is 135 Å². The SMILES string of the molecule is CC(=O)OC(=S)c1ccc(C=CC=Cc2ccccc2)cc1. The summed E-state index contributed by atoms with van der Waals surface area (Å²) in [6.45, 7) is 1.34. The molecule has 2 aromatic carbocycles. The molecule has 0 fully saturated rings. The largest absolute Gasteiger partial charge is 0.414 e. The average Bonchev–Trinajstić information content (AvgIpc) is 2.52. The summed E-state index contributed by atoms with van der Waals surface area (Å²) in [5, 5.41) is 0.201. The molecule has 0 atom stereocenters. The zero-order valence-corrected chi connectivity index (χ0v) is 13.0. The number of allylic oxidation sites excluding steroid dienone is 2. The van der Waals surface area contributed by atoms with Gasteiger partial charge in [0.1, 0.15) is 0 Å². The van der Waals surface area contributed by atoms with E-state index < -0.39 is 5.97 Å². The van der Waals surface area contributed by atoms with Gasteiger partial charge in [0, 0.05) is 12.5 Å².